The van der Waals surface area contributed by atoms with Gasteiger partial charge in [-0.05, 0) is 42.3 Å². The normalized spacial score (nSPS) is 10.2. The van der Waals surface area contributed by atoms with Gasteiger partial charge >= 0.3 is 5.97 Å². The zero-order chi connectivity index (χ0) is 13.8. The maximum absolute atomic E-state index is 10.8. The molecule has 0 heterocycles. The Bertz CT molecular complexity index is 591. The van der Waals surface area contributed by atoms with Crippen molar-refractivity contribution in [1.82, 2.24) is 0 Å². The van der Waals surface area contributed by atoms with Crippen LogP contribution in [0.4, 0.5) is 0 Å². The van der Waals surface area contributed by atoms with Gasteiger partial charge in [-0.3, -0.25) is 0 Å². The second kappa shape index (κ2) is 5.76. The van der Waals surface area contributed by atoms with Crippen LogP contribution in [0.15, 0.2) is 42.5 Å². The molecule has 98 valence electrons. The first kappa shape index (κ1) is 13.4. The molecule has 2 rings (SSSR count). The SMILES string of the molecule is CCc1ccc(Oc2ccc(C(=O)O)cc2Cl)cc1. The second-order valence-corrected chi connectivity index (χ2v) is 4.46. The lowest BCUT2D eigenvalue weighted by Gasteiger charge is -2.08. The quantitative estimate of drug-likeness (QED) is 0.901. The van der Waals surface area contributed by atoms with Crippen LogP contribution in [0.3, 0.4) is 0 Å². The van der Waals surface area contributed by atoms with Gasteiger partial charge in [0.2, 0.25) is 0 Å². The van der Waals surface area contributed by atoms with E-state index in [9.17, 15) is 4.79 Å². The van der Waals surface area contributed by atoms with Crippen molar-refractivity contribution in [2.45, 2.75) is 13.3 Å². The summed E-state index contributed by atoms with van der Waals surface area (Å²) in [5.74, 6) is 0.0961. The van der Waals surface area contributed by atoms with Crippen LogP contribution in [0.1, 0.15) is 22.8 Å². The number of aryl methyl sites for hydroxylation is 1. The summed E-state index contributed by atoms with van der Waals surface area (Å²) < 4.78 is 5.62. The van der Waals surface area contributed by atoms with E-state index in [-0.39, 0.29) is 10.6 Å². The summed E-state index contributed by atoms with van der Waals surface area (Å²) in [7, 11) is 0. The molecule has 2 aromatic carbocycles. The van der Waals surface area contributed by atoms with Crippen molar-refractivity contribution >= 4 is 17.6 Å². The average molecular weight is 277 g/mol. The van der Waals surface area contributed by atoms with Crippen LogP contribution in [-0.2, 0) is 6.42 Å². The summed E-state index contributed by atoms with van der Waals surface area (Å²) >= 11 is 5.99. The summed E-state index contributed by atoms with van der Waals surface area (Å²) in [6.07, 6.45) is 0.967. The molecule has 0 aliphatic carbocycles. The van der Waals surface area contributed by atoms with E-state index >= 15 is 0 Å². The smallest absolute Gasteiger partial charge is 0.335 e. The second-order valence-electron chi connectivity index (χ2n) is 4.05. The molecule has 3 nitrogen and oxygen atoms in total. The number of halogens is 1. The number of hydrogen-bond acceptors (Lipinski definition) is 2. The zero-order valence-electron chi connectivity index (χ0n) is 10.4. The van der Waals surface area contributed by atoms with Gasteiger partial charge in [0.05, 0.1) is 10.6 Å². The molecule has 1 N–H and O–H groups in total. The molecule has 0 saturated heterocycles. The molecule has 0 radical (unpaired) electrons. The van der Waals surface area contributed by atoms with Gasteiger partial charge in [0.1, 0.15) is 11.5 Å². The Balaban J connectivity index is 2.20. The fourth-order valence-corrected chi connectivity index (χ4v) is 1.86. The first-order valence-electron chi connectivity index (χ1n) is 5.90. The van der Waals surface area contributed by atoms with Gasteiger partial charge < -0.3 is 9.84 Å². The molecule has 0 spiro atoms. The number of hydrogen-bond donors (Lipinski definition) is 1. The Morgan fingerprint density at radius 2 is 1.89 bits per heavy atom. The third-order valence-corrected chi connectivity index (χ3v) is 3.03. The molecule has 4 heteroatoms. The predicted octanol–water partition coefficient (Wildman–Crippen LogP) is 4.39. The highest BCUT2D eigenvalue weighted by atomic mass is 35.5. The molecule has 0 aliphatic rings. The molecule has 0 fully saturated rings. The zero-order valence-corrected chi connectivity index (χ0v) is 11.1. The molecule has 0 aliphatic heterocycles. The fourth-order valence-electron chi connectivity index (χ4n) is 1.64. The summed E-state index contributed by atoms with van der Waals surface area (Å²) in [6.45, 7) is 2.08. The van der Waals surface area contributed by atoms with Crippen LogP contribution in [0, 0.1) is 0 Å². The predicted molar refractivity (Wildman–Crippen MR) is 74.3 cm³/mol. The highest BCUT2D eigenvalue weighted by molar-refractivity contribution is 6.32. The Kier molecular flexibility index (Phi) is 4.07. The van der Waals surface area contributed by atoms with Gasteiger partial charge in [0.25, 0.3) is 0 Å². The van der Waals surface area contributed by atoms with Gasteiger partial charge in [-0.25, -0.2) is 4.79 Å². The Morgan fingerprint density at radius 1 is 1.21 bits per heavy atom. The average Bonchev–Trinajstić information content (AvgIpc) is 2.41. The van der Waals surface area contributed by atoms with Crippen molar-refractivity contribution in [3.05, 3.63) is 58.6 Å². The minimum absolute atomic E-state index is 0.138. The largest absolute Gasteiger partial charge is 0.478 e. The van der Waals surface area contributed by atoms with Crippen LogP contribution < -0.4 is 4.74 Å². The maximum atomic E-state index is 10.8. The third kappa shape index (κ3) is 3.26. The maximum Gasteiger partial charge on any atom is 0.335 e. The van der Waals surface area contributed by atoms with E-state index in [2.05, 4.69) is 6.92 Å². The lowest BCUT2D eigenvalue weighted by molar-refractivity contribution is 0.0697. The standard InChI is InChI=1S/C15H13ClO3/c1-2-10-3-6-12(7-4-10)19-14-8-5-11(15(17)18)9-13(14)16/h3-9H,2H2,1H3,(H,17,18). The van der Waals surface area contributed by atoms with Crippen LogP contribution in [0.2, 0.25) is 5.02 Å². The summed E-state index contributed by atoms with van der Waals surface area (Å²) in [5.41, 5.74) is 1.36. The van der Waals surface area contributed by atoms with Crippen LogP contribution >= 0.6 is 11.6 Å². The third-order valence-electron chi connectivity index (χ3n) is 2.74. The first-order valence-corrected chi connectivity index (χ1v) is 6.27. The molecular weight excluding hydrogens is 264 g/mol. The van der Waals surface area contributed by atoms with E-state index in [4.69, 9.17) is 21.4 Å². The van der Waals surface area contributed by atoms with E-state index in [1.54, 1.807) is 6.07 Å². The summed E-state index contributed by atoms with van der Waals surface area (Å²) in [5, 5.41) is 9.13. The van der Waals surface area contributed by atoms with Crippen molar-refractivity contribution in [2.75, 3.05) is 0 Å². The van der Waals surface area contributed by atoms with Crippen LogP contribution in [0.5, 0.6) is 11.5 Å². The van der Waals surface area contributed by atoms with Crippen molar-refractivity contribution in [3.63, 3.8) is 0 Å². The Labute approximate surface area is 116 Å². The number of carbonyl (C=O) groups is 1. The minimum Gasteiger partial charge on any atom is -0.478 e. The van der Waals surface area contributed by atoms with Gasteiger partial charge in [0, 0.05) is 0 Å². The molecule has 19 heavy (non-hydrogen) atoms. The first-order chi connectivity index (χ1) is 9.10. The molecule has 0 atom stereocenters. The molecule has 0 saturated carbocycles. The van der Waals surface area contributed by atoms with Crippen LogP contribution in [-0.4, -0.2) is 11.1 Å². The van der Waals surface area contributed by atoms with Gasteiger partial charge in [-0.15, -0.1) is 0 Å². The van der Waals surface area contributed by atoms with Gasteiger partial charge in [0.15, 0.2) is 0 Å². The number of carboxylic acids is 1. The molecule has 0 unspecified atom stereocenters. The van der Waals surface area contributed by atoms with Gasteiger partial charge in [-0.1, -0.05) is 30.7 Å². The highest BCUT2D eigenvalue weighted by Crippen LogP contribution is 2.30. The minimum atomic E-state index is -1.01. The van der Waals surface area contributed by atoms with Crippen molar-refractivity contribution in [3.8, 4) is 11.5 Å². The number of benzene rings is 2. The summed E-state index contributed by atoms with van der Waals surface area (Å²) in [6, 6.07) is 12.1. The van der Waals surface area contributed by atoms with Crippen LogP contribution in [0.25, 0.3) is 0 Å². The lowest BCUT2D eigenvalue weighted by Crippen LogP contribution is -1.96. The van der Waals surface area contributed by atoms with Crippen molar-refractivity contribution < 1.29 is 14.6 Å². The van der Waals surface area contributed by atoms with E-state index in [0.29, 0.717) is 11.5 Å². The molecule has 0 aromatic heterocycles. The number of carboxylic acid groups (broad SMARTS) is 1. The molecule has 2 aromatic rings. The number of rotatable bonds is 4. The monoisotopic (exact) mass is 276 g/mol. The van der Waals surface area contributed by atoms with E-state index in [1.165, 1.54) is 17.7 Å². The van der Waals surface area contributed by atoms with Gasteiger partial charge in [-0.2, -0.15) is 0 Å². The fraction of sp³-hybridized carbons (Fsp3) is 0.133. The topological polar surface area (TPSA) is 46.5 Å². The Hall–Kier alpha value is -2.00. The van der Waals surface area contributed by atoms with Crippen molar-refractivity contribution in [1.29, 1.82) is 0 Å². The number of ether oxygens (including phenoxy) is 1. The molecular formula is C15H13ClO3. The van der Waals surface area contributed by atoms with E-state index in [1.807, 2.05) is 24.3 Å². The highest BCUT2D eigenvalue weighted by Gasteiger charge is 2.08. The number of aromatic carboxylic acids is 1. The summed E-state index contributed by atoms with van der Waals surface area (Å²) in [4.78, 5) is 10.8. The van der Waals surface area contributed by atoms with Crippen molar-refractivity contribution in [2.24, 2.45) is 0 Å². The van der Waals surface area contributed by atoms with E-state index < -0.39 is 5.97 Å². The Morgan fingerprint density at radius 3 is 2.42 bits per heavy atom. The molecule has 0 bridgehead atoms. The lowest BCUT2D eigenvalue weighted by atomic mass is 10.2. The molecule has 0 amide bonds. The van der Waals surface area contributed by atoms with E-state index in [0.717, 1.165) is 6.42 Å².